The van der Waals surface area contributed by atoms with Crippen LogP contribution in [0.15, 0.2) is 54.7 Å². The number of hydrogen-bond donors (Lipinski definition) is 3. The van der Waals surface area contributed by atoms with Gasteiger partial charge in [0, 0.05) is 61.3 Å². The Kier molecular flexibility index (Phi) is 6.60. The SMILES string of the molecule is CC(C)[C@]1(NC[C@@H]2CC3c4cccc5[nH]cc(c45)C[C@H]3N(C)C2)CN2[C@H](Cc3ccccc3)CN3CCC[C@H]3C2(O)O1. The molecule has 3 N–H and O–H groups in total. The molecular formula is C35H47N5O2. The van der Waals surface area contributed by atoms with Crippen molar-refractivity contribution in [2.24, 2.45) is 11.8 Å². The highest BCUT2D eigenvalue weighted by atomic mass is 16.7. The number of ether oxygens (including phenoxy) is 1. The number of hydrogen-bond acceptors (Lipinski definition) is 6. The molecule has 5 aliphatic rings. The highest BCUT2D eigenvalue weighted by molar-refractivity contribution is 5.88. The van der Waals surface area contributed by atoms with Gasteiger partial charge >= 0.3 is 0 Å². The van der Waals surface area contributed by atoms with E-state index in [1.807, 2.05) is 0 Å². The number of piperidine rings is 1. The molecule has 4 saturated heterocycles. The van der Waals surface area contributed by atoms with Crippen molar-refractivity contribution < 1.29 is 9.84 Å². The second-order valence-corrected chi connectivity index (χ2v) is 14.3. The fraction of sp³-hybridized carbons (Fsp3) is 0.600. The van der Waals surface area contributed by atoms with E-state index < -0.39 is 11.6 Å². The lowest BCUT2D eigenvalue weighted by Crippen LogP contribution is -2.68. The number of piperazine rings is 1. The van der Waals surface area contributed by atoms with Crippen LogP contribution in [0.25, 0.3) is 10.9 Å². The lowest BCUT2D eigenvalue weighted by Gasteiger charge is -2.50. The van der Waals surface area contributed by atoms with E-state index in [0.717, 1.165) is 51.9 Å². The molecule has 7 heteroatoms. The molecule has 0 bridgehead atoms. The molecule has 4 fully saturated rings. The molecule has 2 aromatic carbocycles. The van der Waals surface area contributed by atoms with Crippen LogP contribution < -0.4 is 5.32 Å². The second-order valence-electron chi connectivity index (χ2n) is 14.3. The maximum atomic E-state index is 12.4. The van der Waals surface area contributed by atoms with Crippen LogP contribution in [-0.4, -0.2) is 94.3 Å². The van der Waals surface area contributed by atoms with E-state index in [2.05, 4.69) is 101 Å². The summed E-state index contributed by atoms with van der Waals surface area (Å²) in [5.41, 5.74) is 5.00. The van der Waals surface area contributed by atoms with E-state index in [1.54, 1.807) is 0 Å². The van der Waals surface area contributed by atoms with Gasteiger partial charge in [0.15, 0.2) is 0 Å². The van der Waals surface area contributed by atoms with Crippen LogP contribution in [0.4, 0.5) is 0 Å². The summed E-state index contributed by atoms with van der Waals surface area (Å²) in [6.45, 7) is 9.23. The molecule has 0 amide bonds. The first-order valence-corrected chi connectivity index (χ1v) is 16.4. The zero-order valence-electron chi connectivity index (χ0n) is 25.4. The number of likely N-dealkylation sites (tertiary alicyclic amines) is 1. The largest absolute Gasteiger partial charge is 0.361 e. The first kappa shape index (κ1) is 27.3. The van der Waals surface area contributed by atoms with Crippen LogP contribution >= 0.6 is 0 Å². The van der Waals surface area contributed by atoms with Gasteiger partial charge in [-0.15, -0.1) is 0 Å². The van der Waals surface area contributed by atoms with Crippen molar-refractivity contribution in [3.63, 3.8) is 0 Å². The van der Waals surface area contributed by atoms with Gasteiger partial charge in [0.05, 0.1) is 6.04 Å². The molecule has 1 aromatic heterocycles. The number of benzene rings is 2. The number of nitrogens with zero attached hydrogens (tertiary/aromatic N) is 3. The zero-order chi connectivity index (χ0) is 28.6. The third kappa shape index (κ3) is 4.23. The topological polar surface area (TPSA) is 67.0 Å². The molecule has 42 heavy (non-hydrogen) atoms. The monoisotopic (exact) mass is 569 g/mol. The number of aromatic amines is 1. The first-order valence-electron chi connectivity index (χ1n) is 16.4. The first-order chi connectivity index (χ1) is 20.3. The Balaban J connectivity index is 1.04. The van der Waals surface area contributed by atoms with Crippen molar-refractivity contribution >= 4 is 10.9 Å². The van der Waals surface area contributed by atoms with Crippen LogP contribution in [0.1, 0.15) is 55.7 Å². The number of aromatic nitrogens is 1. The molecule has 0 spiro atoms. The lowest BCUT2D eigenvalue weighted by atomic mass is 9.72. The van der Waals surface area contributed by atoms with Crippen molar-refractivity contribution in [2.45, 2.75) is 81.6 Å². The lowest BCUT2D eigenvalue weighted by molar-refractivity contribution is -0.330. The van der Waals surface area contributed by atoms with E-state index in [0.29, 0.717) is 24.4 Å². The average Bonchev–Trinajstić information content (AvgIpc) is 3.71. The minimum atomic E-state index is -1.26. The molecule has 0 saturated carbocycles. The van der Waals surface area contributed by atoms with Crippen LogP contribution in [0.5, 0.6) is 0 Å². The summed E-state index contributed by atoms with van der Waals surface area (Å²) in [7, 11) is 2.32. The fourth-order valence-corrected chi connectivity index (χ4v) is 9.39. The van der Waals surface area contributed by atoms with Crippen LogP contribution in [0.3, 0.4) is 0 Å². The van der Waals surface area contributed by atoms with E-state index in [9.17, 15) is 5.11 Å². The Morgan fingerprint density at radius 2 is 1.98 bits per heavy atom. The minimum Gasteiger partial charge on any atom is -0.361 e. The van der Waals surface area contributed by atoms with Gasteiger partial charge in [0.2, 0.25) is 5.91 Å². The smallest absolute Gasteiger partial charge is 0.246 e. The minimum absolute atomic E-state index is 0.0341. The van der Waals surface area contributed by atoms with Gasteiger partial charge in [-0.2, -0.15) is 0 Å². The molecule has 224 valence electrons. The van der Waals surface area contributed by atoms with E-state index in [4.69, 9.17) is 4.74 Å². The van der Waals surface area contributed by atoms with Crippen molar-refractivity contribution in [1.82, 2.24) is 25.0 Å². The van der Waals surface area contributed by atoms with Crippen molar-refractivity contribution in [3.05, 3.63) is 71.4 Å². The zero-order valence-corrected chi connectivity index (χ0v) is 25.4. The van der Waals surface area contributed by atoms with Crippen LogP contribution in [-0.2, 0) is 17.6 Å². The fourth-order valence-electron chi connectivity index (χ4n) is 9.39. The Bertz CT molecular complexity index is 1440. The summed E-state index contributed by atoms with van der Waals surface area (Å²) >= 11 is 0. The maximum Gasteiger partial charge on any atom is 0.246 e. The summed E-state index contributed by atoms with van der Waals surface area (Å²) in [4.78, 5) is 11.0. The molecule has 7 atom stereocenters. The van der Waals surface area contributed by atoms with Crippen LogP contribution in [0.2, 0.25) is 0 Å². The predicted molar refractivity (Wildman–Crippen MR) is 166 cm³/mol. The average molecular weight is 570 g/mol. The third-order valence-corrected chi connectivity index (χ3v) is 11.6. The summed E-state index contributed by atoms with van der Waals surface area (Å²) in [6, 6.07) is 18.4. The number of fused-ring (bicyclic) bond motifs is 5. The third-order valence-electron chi connectivity index (χ3n) is 11.6. The maximum absolute atomic E-state index is 12.4. The summed E-state index contributed by atoms with van der Waals surface area (Å²) in [5, 5.41) is 17.9. The van der Waals surface area contributed by atoms with E-state index in [-0.39, 0.29) is 18.0 Å². The van der Waals surface area contributed by atoms with Gasteiger partial charge in [-0.25, -0.2) is 4.90 Å². The standard InChI is InChI=1S/C35H47N5O2/c1-23(2)34(22-40-27(15-24-9-5-4-6-10-24)21-39-14-8-13-32(39)35(40,41)42-34)37-18-25-16-29-28-11-7-12-30-33(28)26(19-36-30)17-31(29)38(3)20-25/h4-7,9-12,19,23,25,27,29,31-32,36-37,41H,8,13-18,20-22H2,1-3H3/t25-,27+,29?,31+,32-,34-,35?/m0/s1. The number of nitrogens with one attached hydrogen (secondary N) is 2. The van der Waals surface area contributed by atoms with Crippen molar-refractivity contribution in [1.29, 1.82) is 0 Å². The summed E-state index contributed by atoms with van der Waals surface area (Å²) in [6.07, 6.45) is 7.57. The van der Waals surface area contributed by atoms with Gasteiger partial charge in [0.25, 0.3) is 0 Å². The number of rotatable bonds is 6. The molecule has 5 heterocycles. The summed E-state index contributed by atoms with van der Waals surface area (Å²) in [5.74, 6) is 0.0181. The Morgan fingerprint density at radius 1 is 1.12 bits per heavy atom. The van der Waals surface area contributed by atoms with Gasteiger partial charge in [0.1, 0.15) is 5.72 Å². The molecular weight excluding hydrogens is 522 g/mol. The van der Waals surface area contributed by atoms with E-state index >= 15 is 0 Å². The highest BCUT2D eigenvalue weighted by Crippen LogP contribution is 2.48. The Hall–Kier alpha value is -2.26. The molecule has 4 aliphatic heterocycles. The Morgan fingerprint density at radius 3 is 2.81 bits per heavy atom. The van der Waals surface area contributed by atoms with Crippen molar-refractivity contribution in [3.8, 4) is 0 Å². The number of aliphatic hydroxyl groups is 1. The van der Waals surface area contributed by atoms with Crippen molar-refractivity contribution in [2.75, 3.05) is 39.8 Å². The van der Waals surface area contributed by atoms with Crippen LogP contribution in [0, 0.1) is 11.8 Å². The highest BCUT2D eigenvalue weighted by Gasteiger charge is 2.64. The second kappa shape index (κ2) is 10.1. The quantitative estimate of drug-likeness (QED) is 0.415. The predicted octanol–water partition coefficient (Wildman–Crippen LogP) is 4.14. The number of H-pyrrole nitrogens is 1. The molecule has 3 aromatic rings. The van der Waals surface area contributed by atoms with Gasteiger partial charge < -0.3 is 19.7 Å². The van der Waals surface area contributed by atoms with Gasteiger partial charge in [-0.3, -0.25) is 10.2 Å². The number of likely N-dealkylation sites (N-methyl/N-ethyl adjacent to an activating group) is 1. The summed E-state index contributed by atoms with van der Waals surface area (Å²) < 4.78 is 7.00. The normalized spacial score (nSPS) is 36.8. The molecule has 2 unspecified atom stereocenters. The van der Waals surface area contributed by atoms with Gasteiger partial charge in [-0.05, 0) is 80.3 Å². The molecule has 0 radical (unpaired) electrons. The van der Waals surface area contributed by atoms with Gasteiger partial charge in [-0.1, -0.05) is 56.3 Å². The van der Waals surface area contributed by atoms with E-state index in [1.165, 1.54) is 34.0 Å². The molecule has 1 aliphatic carbocycles. The molecule has 8 rings (SSSR count). The molecule has 7 nitrogen and oxygen atoms in total. The Labute approximate surface area is 250 Å².